The van der Waals surface area contributed by atoms with Crippen molar-refractivity contribution in [1.29, 1.82) is 0 Å². The Labute approximate surface area is 155 Å². The van der Waals surface area contributed by atoms with Crippen molar-refractivity contribution in [3.63, 3.8) is 0 Å². The molecule has 2 amide bonds. The molecule has 1 N–H and O–H groups in total. The SMILES string of the molecule is C=CC(=O)N1CCO[C@@H](C(=O)NCC2(c3ccccc3)CCCCC2)C1. The summed E-state index contributed by atoms with van der Waals surface area (Å²) in [5.74, 6) is -0.286. The number of morpholine rings is 1. The summed E-state index contributed by atoms with van der Waals surface area (Å²) in [6.07, 6.45) is 6.48. The van der Waals surface area contributed by atoms with E-state index in [1.165, 1.54) is 30.9 Å². The minimum Gasteiger partial charge on any atom is -0.365 e. The summed E-state index contributed by atoms with van der Waals surface area (Å²) in [7, 11) is 0. The first-order valence-electron chi connectivity index (χ1n) is 9.51. The molecule has 0 spiro atoms. The lowest BCUT2D eigenvalue weighted by Gasteiger charge is -2.39. The fraction of sp³-hybridized carbons (Fsp3) is 0.524. The van der Waals surface area contributed by atoms with Crippen molar-refractivity contribution in [2.24, 2.45) is 0 Å². The maximum Gasteiger partial charge on any atom is 0.251 e. The number of carbonyl (C=O) groups is 2. The van der Waals surface area contributed by atoms with Crippen molar-refractivity contribution in [2.75, 3.05) is 26.2 Å². The molecule has 2 fully saturated rings. The first-order chi connectivity index (χ1) is 12.6. The Bertz CT molecular complexity index is 638. The van der Waals surface area contributed by atoms with Crippen molar-refractivity contribution < 1.29 is 14.3 Å². The van der Waals surface area contributed by atoms with Crippen molar-refractivity contribution in [2.45, 2.75) is 43.6 Å². The van der Waals surface area contributed by atoms with E-state index >= 15 is 0 Å². The number of ether oxygens (including phenoxy) is 1. The summed E-state index contributed by atoms with van der Waals surface area (Å²) in [4.78, 5) is 26.1. The summed E-state index contributed by atoms with van der Waals surface area (Å²) in [5, 5.41) is 3.11. The molecule has 1 saturated carbocycles. The molecular weight excluding hydrogens is 328 g/mol. The van der Waals surface area contributed by atoms with E-state index < -0.39 is 6.10 Å². The molecule has 2 aliphatic rings. The van der Waals surface area contributed by atoms with Crippen LogP contribution in [0.1, 0.15) is 37.7 Å². The zero-order chi connectivity index (χ0) is 18.4. The van der Waals surface area contributed by atoms with Gasteiger partial charge in [0.05, 0.1) is 13.2 Å². The van der Waals surface area contributed by atoms with Crippen LogP contribution in [0.25, 0.3) is 0 Å². The number of nitrogens with zero attached hydrogens (tertiary/aromatic N) is 1. The highest BCUT2D eigenvalue weighted by Gasteiger charge is 2.35. The number of amides is 2. The second kappa shape index (κ2) is 8.49. The van der Waals surface area contributed by atoms with Crippen LogP contribution >= 0.6 is 0 Å². The van der Waals surface area contributed by atoms with Crippen molar-refractivity contribution in [3.05, 3.63) is 48.6 Å². The van der Waals surface area contributed by atoms with Gasteiger partial charge in [0.2, 0.25) is 5.91 Å². The molecule has 5 nitrogen and oxygen atoms in total. The third kappa shape index (κ3) is 4.15. The number of rotatable bonds is 5. The Hall–Kier alpha value is -2.14. The molecule has 140 valence electrons. The van der Waals surface area contributed by atoms with Gasteiger partial charge in [0, 0.05) is 18.5 Å². The fourth-order valence-corrected chi connectivity index (χ4v) is 4.10. The number of nitrogens with one attached hydrogen (secondary N) is 1. The number of benzene rings is 1. The fourth-order valence-electron chi connectivity index (χ4n) is 4.10. The highest BCUT2D eigenvalue weighted by molar-refractivity contribution is 5.88. The maximum absolute atomic E-state index is 12.7. The molecule has 26 heavy (non-hydrogen) atoms. The van der Waals surface area contributed by atoms with Gasteiger partial charge in [0.25, 0.3) is 5.91 Å². The van der Waals surface area contributed by atoms with E-state index in [9.17, 15) is 9.59 Å². The number of hydrogen-bond acceptors (Lipinski definition) is 3. The van der Waals surface area contributed by atoms with Gasteiger partial charge in [-0.3, -0.25) is 9.59 Å². The Morgan fingerprint density at radius 1 is 1.23 bits per heavy atom. The Kier molecular flexibility index (Phi) is 6.09. The van der Waals surface area contributed by atoms with Crippen molar-refractivity contribution >= 4 is 11.8 Å². The lowest BCUT2D eigenvalue weighted by atomic mass is 9.69. The summed E-state index contributed by atoms with van der Waals surface area (Å²) in [6, 6.07) is 10.5. The van der Waals surface area contributed by atoms with Gasteiger partial charge >= 0.3 is 0 Å². The minimum absolute atomic E-state index is 0.000456. The third-order valence-corrected chi connectivity index (χ3v) is 5.64. The Morgan fingerprint density at radius 2 is 1.96 bits per heavy atom. The van der Waals surface area contributed by atoms with E-state index in [2.05, 4.69) is 36.2 Å². The van der Waals surface area contributed by atoms with Gasteiger partial charge < -0.3 is 15.0 Å². The quantitative estimate of drug-likeness (QED) is 0.825. The third-order valence-electron chi connectivity index (χ3n) is 5.64. The molecule has 0 radical (unpaired) electrons. The van der Waals surface area contributed by atoms with Gasteiger partial charge in [-0.25, -0.2) is 0 Å². The van der Waals surface area contributed by atoms with Crippen LogP contribution in [0.2, 0.25) is 0 Å². The number of carbonyl (C=O) groups excluding carboxylic acids is 2. The Morgan fingerprint density at radius 3 is 2.65 bits per heavy atom. The molecule has 3 rings (SSSR count). The summed E-state index contributed by atoms with van der Waals surface area (Å²) in [6.45, 7) is 5.30. The van der Waals surface area contributed by atoms with Gasteiger partial charge in [-0.1, -0.05) is 56.2 Å². The molecule has 1 heterocycles. The second-order valence-corrected chi connectivity index (χ2v) is 7.27. The first kappa shape index (κ1) is 18.6. The summed E-state index contributed by atoms with van der Waals surface area (Å²) < 4.78 is 5.60. The summed E-state index contributed by atoms with van der Waals surface area (Å²) >= 11 is 0. The average molecular weight is 356 g/mol. The molecule has 0 aromatic heterocycles. The molecule has 0 bridgehead atoms. The van der Waals surface area contributed by atoms with Crippen molar-refractivity contribution in [1.82, 2.24) is 10.2 Å². The van der Waals surface area contributed by atoms with Crippen LogP contribution in [0.3, 0.4) is 0 Å². The molecule has 1 aliphatic carbocycles. The van der Waals surface area contributed by atoms with Crippen molar-refractivity contribution in [3.8, 4) is 0 Å². The lowest BCUT2D eigenvalue weighted by Crippen LogP contribution is -2.53. The lowest BCUT2D eigenvalue weighted by molar-refractivity contribution is -0.144. The highest BCUT2D eigenvalue weighted by Crippen LogP contribution is 2.38. The van der Waals surface area contributed by atoms with E-state index in [-0.39, 0.29) is 23.8 Å². The maximum atomic E-state index is 12.7. The van der Waals surface area contributed by atoms with Gasteiger partial charge in [0.1, 0.15) is 0 Å². The molecule has 1 aliphatic heterocycles. The summed E-state index contributed by atoms with van der Waals surface area (Å²) in [5.41, 5.74) is 1.30. The van der Waals surface area contributed by atoms with E-state index in [0.717, 1.165) is 12.8 Å². The molecule has 1 aromatic rings. The minimum atomic E-state index is -0.607. The van der Waals surface area contributed by atoms with Crippen LogP contribution in [-0.2, 0) is 19.7 Å². The Balaban J connectivity index is 1.64. The standard InChI is InChI=1S/C21H28N2O3/c1-2-19(24)23-13-14-26-18(15-23)20(25)22-16-21(11-7-4-8-12-21)17-9-5-3-6-10-17/h2-3,5-6,9-10,18H,1,4,7-8,11-16H2,(H,22,25)/t18-/m1/s1. The first-order valence-corrected chi connectivity index (χ1v) is 9.51. The van der Waals surface area contributed by atoms with Crippen LogP contribution in [0.5, 0.6) is 0 Å². The van der Waals surface area contributed by atoms with Crippen LogP contribution in [0.15, 0.2) is 43.0 Å². The van der Waals surface area contributed by atoms with E-state index in [4.69, 9.17) is 4.74 Å². The predicted octanol–water partition coefficient (Wildman–Crippen LogP) is 2.42. The van der Waals surface area contributed by atoms with Gasteiger partial charge in [-0.05, 0) is 24.5 Å². The molecule has 5 heteroatoms. The van der Waals surface area contributed by atoms with Crippen LogP contribution in [0.4, 0.5) is 0 Å². The predicted molar refractivity (Wildman–Crippen MR) is 101 cm³/mol. The topological polar surface area (TPSA) is 58.6 Å². The normalized spacial score (nSPS) is 22.5. The average Bonchev–Trinajstić information content (AvgIpc) is 2.73. The largest absolute Gasteiger partial charge is 0.365 e. The highest BCUT2D eigenvalue weighted by atomic mass is 16.5. The van der Waals surface area contributed by atoms with Gasteiger partial charge in [-0.2, -0.15) is 0 Å². The van der Waals surface area contributed by atoms with E-state index in [0.29, 0.717) is 19.7 Å². The monoisotopic (exact) mass is 356 g/mol. The van der Waals surface area contributed by atoms with Crippen LogP contribution < -0.4 is 5.32 Å². The smallest absolute Gasteiger partial charge is 0.251 e. The number of hydrogen-bond donors (Lipinski definition) is 1. The zero-order valence-electron chi connectivity index (χ0n) is 15.3. The van der Waals surface area contributed by atoms with E-state index in [1.54, 1.807) is 4.90 Å². The van der Waals surface area contributed by atoms with Gasteiger partial charge in [-0.15, -0.1) is 0 Å². The second-order valence-electron chi connectivity index (χ2n) is 7.27. The zero-order valence-corrected chi connectivity index (χ0v) is 15.3. The molecule has 1 atom stereocenters. The molecule has 1 aromatic carbocycles. The molecule has 0 unspecified atom stereocenters. The van der Waals surface area contributed by atoms with E-state index in [1.807, 2.05) is 6.07 Å². The van der Waals surface area contributed by atoms with Gasteiger partial charge in [0.15, 0.2) is 6.10 Å². The molecular formula is C21H28N2O3. The molecule has 1 saturated heterocycles. The van der Waals surface area contributed by atoms with Crippen LogP contribution in [0, 0.1) is 0 Å². The van der Waals surface area contributed by atoms with Crippen LogP contribution in [-0.4, -0.2) is 49.1 Å².